The summed E-state index contributed by atoms with van der Waals surface area (Å²) in [6, 6.07) is 5.65. The number of hydrogen-bond donors (Lipinski definition) is 2. The Morgan fingerprint density at radius 1 is 1.38 bits per heavy atom. The molecule has 0 aromatic heterocycles. The van der Waals surface area contributed by atoms with Gasteiger partial charge in [-0.05, 0) is 37.1 Å². The molecule has 2 aliphatic rings. The lowest BCUT2D eigenvalue weighted by molar-refractivity contribution is -0.138. The molecule has 0 radical (unpaired) electrons. The molecule has 0 saturated heterocycles. The van der Waals surface area contributed by atoms with Gasteiger partial charge in [0.25, 0.3) is 0 Å². The maximum atomic E-state index is 12.1. The maximum Gasteiger partial charge on any atom is 0.337 e. The highest BCUT2D eigenvalue weighted by atomic mass is 16.5. The zero-order valence-electron chi connectivity index (χ0n) is 13.8. The Bertz CT molecular complexity index is 699. The van der Waals surface area contributed by atoms with Crippen LogP contribution in [0.3, 0.4) is 0 Å². The van der Waals surface area contributed by atoms with Crippen LogP contribution in [0, 0.1) is 0 Å². The van der Waals surface area contributed by atoms with Gasteiger partial charge < -0.3 is 25.0 Å². The van der Waals surface area contributed by atoms with Crippen molar-refractivity contribution in [1.29, 1.82) is 0 Å². The fourth-order valence-corrected chi connectivity index (χ4v) is 3.01. The zero-order valence-corrected chi connectivity index (χ0v) is 13.8. The fraction of sp³-hybridized carbons (Fsp3) is 0.412. The highest BCUT2D eigenvalue weighted by Crippen LogP contribution is 2.31. The standard InChI is InChI=1S/C17H21N3O4/c1-3-24-16(21)13-9-18-17(22)19-14(13)10-20-7-6-11-8-12(23-2)4-5-15(11)20/h4-5,8H,3,6-7,9-10H2,1-2H3,(H2,18,19,22). The number of amides is 2. The topological polar surface area (TPSA) is 79.9 Å². The summed E-state index contributed by atoms with van der Waals surface area (Å²) in [4.78, 5) is 25.9. The van der Waals surface area contributed by atoms with Crippen LogP contribution in [0.15, 0.2) is 29.5 Å². The van der Waals surface area contributed by atoms with Gasteiger partial charge in [-0.15, -0.1) is 0 Å². The number of fused-ring (bicyclic) bond motifs is 1. The van der Waals surface area contributed by atoms with E-state index in [1.165, 1.54) is 5.56 Å². The molecule has 128 valence electrons. The molecule has 0 bridgehead atoms. The Morgan fingerprint density at radius 2 is 2.21 bits per heavy atom. The molecule has 0 saturated carbocycles. The number of esters is 1. The van der Waals surface area contributed by atoms with Gasteiger partial charge in [0.05, 0.1) is 38.1 Å². The van der Waals surface area contributed by atoms with Gasteiger partial charge in [0.15, 0.2) is 0 Å². The lowest BCUT2D eigenvalue weighted by Crippen LogP contribution is -2.46. The second-order valence-electron chi connectivity index (χ2n) is 5.65. The van der Waals surface area contributed by atoms with Crippen molar-refractivity contribution in [3.05, 3.63) is 35.0 Å². The Balaban J connectivity index is 1.84. The number of anilines is 1. The third-order valence-electron chi connectivity index (χ3n) is 4.20. The van der Waals surface area contributed by atoms with Crippen LogP contribution in [0.25, 0.3) is 0 Å². The monoisotopic (exact) mass is 331 g/mol. The number of methoxy groups -OCH3 is 1. The number of carbonyl (C=O) groups excluding carboxylic acids is 2. The zero-order chi connectivity index (χ0) is 17.1. The number of nitrogens with zero attached hydrogens (tertiary/aromatic N) is 1. The molecule has 0 fully saturated rings. The molecule has 1 aromatic carbocycles. The largest absolute Gasteiger partial charge is 0.497 e. The number of rotatable bonds is 5. The normalized spacial score (nSPS) is 16.4. The van der Waals surface area contributed by atoms with Gasteiger partial charge in [0, 0.05) is 12.2 Å². The smallest absolute Gasteiger partial charge is 0.337 e. The molecule has 0 unspecified atom stereocenters. The molecular formula is C17H21N3O4. The average Bonchev–Trinajstić information content (AvgIpc) is 2.97. The van der Waals surface area contributed by atoms with E-state index in [0.29, 0.717) is 24.4 Å². The Labute approximate surface area is 140 Å². The van der Waals surface area contributed by atoms with E-state index in [0.717, 1.165) is 24.4 Å². The van der Waals surface area contributed by atoms with Crippen LogP contribution in [0.1, 0.15) is 12.5 Å². The van der Waals surface area contributed by atoms with E-state index >= 15 is 0 Å². The SMILES string of the molecule is CCOC(=O)C1=C(CN2CCc3cc(OC)ccc32)NC(=O)NC1. The van der Waals surface area contributed by atoms with Gasteiger partial charge in [-0.25, -0.2) is 9.59 Å². The van der Waals surface area contributed by atoms with Crippen molar-refractivity contribution >= 4 is 17.7 Å². The number of urea groups is 1. The minimum absolute atomic E-state index is 0.184. The van der Waals surface area contributed by atoms with Crippen molar-refractivity contribution in [3.8, 4) is 5.75 Å². The van der Waals surface area contributed by atoms with Crippen molar-refractivity contribution < 1.29 is 19.1 Å². The molecule has 2 aliphatic heterocycles. The molecule has 2 amide bonds. The average molecular weight is 331 g/mol. The first-order valence-electron chi connectivity index (χ1n) is 7.98. The quantitative estimate of drug-likeness (QED) is 0.792. The summed E-state index contributed by atoms with van der Waals surface area (Å²) in [7, 11) is 1.65. The predicted octanol–water partition coefficient (Wildman–Crippen LogP) is 1.19. The van der Waals surface area contributed by atoms with Gasteiger partial charge in [-0.3, -0.25) is 0 Å². The van der Waals surface area contributed by atoms with E-state index in [2.05, 4.69) is 15.5 Å². The lowest BCUT2D eigenvalue weighted by atomic mass is 10.1. The first-order valence-corrected chi connectivity index (χ1v) is 7.98. The van der Waals surface area contributed by atoms with E-state index in [1.807, 2.05) is 18.2 Å². The summed E-state index contributed by atoms with van der Waals surface area (Å²) < 4.78 is 10.3. The third-order valence-corrected chi connectivity index (χ3v) is 4.20. The van der Waals surface area contributed by atoms with Crippen molar-refractivity contribution in [2.45, 2.75) is 13.3 Å². The van der Waals surface area contributed by atoms with Crippen molar-refractivity contribution in [3.63, 3.8) is 0 Å². The highest BCUT2D eigenvalue weighted by molar-refractivity contribution is 5.93. The van der Waals surface area contributed by atoms with Gasteiger partial charge >= 0.3 is 12.0 Å². The Morgan fingerprint density at radius 3 is 2.96 bits per heavy atom. The van der Waals surface area contributed by atoms with Gasteiger partial charge in [-0.2, -0.15) is 0 Å². The molecule has 7 nitrogen and oxygen atoms in total. The van der Waals surface area contributed by atoms with Gasteiger partial charge in [0.1, 0.15) is 5.75 Å². The van der Waals surface area contributed by atoms with E-state index in [-0.39, 0.29) is 12.6 Å². The molecular weight excluding hydrogens is 310 g/mol. The number of carbonyl (C=O) groups is 2. The third kappa shape index (κ3) is 3.15. The number of benzene rings is 1. The predicted molar refractivity (Wildman–Crippen MR) is 89.1 cm³/mol. The van der Waals surface area contributed by atoms with Crippen molar-refractivity contribution in [1.82, 2.24) is 10.6 Å². The second kappa shape index (κ2) is 6.82. The van der Waals surface area contributed by atoms with E-state index < -0.39 is 5.97 Å². The molecule has 24 heavy (non-hydrogen) atoms. The molecule has 2 heterocycles. The van der Waals surface area contributed by atoms with Crippen LogP contribution in [0.2, 0.25) is 0 Å². The molecule has 3 rings (SSSR count). The minimum Gasteiger partial charge on any atom is -0.497 e. The van der Waals surface area contributed by atoms with E-state index in [4.69, 9.17) is 9.47 Å². The molecule has 0 spiro atoms. The van der Waals surface area contributed by atoms with Crippen LogP contribution in [-0.2, 0) is 16.0 Å². The van der Waals surface area contributed by atoms with Crippen LogP contribution in [0.5, 0.6) is 5.75 Å². The first kappa shape index (κ1) is 16.2. The van der Waals surface area contributed by atoms with Crippen LogP contribution in [-0.4, -0.2) is 45.4 Å². The first-order chi connectivity index (χ1) is 11.6. The number of hydrogen-bond acceptors (Lipinski definition) is 5. The van der Waals surface area contributed by atoms with Crippen LogP contribution >= 0.6 is 0 Å². The lowest BCUT2D eigenvalue weighted by Gasteiger charge is -2.26. The second-order valence-corrected chi connectivity index (χ2v) is 5.65. The van der Waals surface area contributed by atoms with Crippen molar-refractivity contribution in [2.75, 3.05) is 38.3 Å². The summed E-state index contributed by atoms with van der Waals surface area (Å²) in [6.07, 6.45) is 0.904. The van der Waals surface area contributed by atoms with Gasteiger partial charge in [0.2, 0.25) is 0 Å². The van der Waals surface area contributed by atoms with E-state index in [1.54, 1.807) is 14.0 Å². The summed E-state index contributed by atoms with van der Waals surface area (Å²) in [5, 5.41) is 5.37. The highest BCUT2D eigenvalue weighted by Gasteiger charge is 2.27. The number of ether oxygens (including phenoxy) is 2. The van der Waals surface area contributed by atoms with Crippen LogP contribution in [0.4, 0.5) is 10.5 Å². The summed E-state index contributed by atoms with van der Waals surface area (Å²) >= 11 is 0. The molecule has 0 aliphatic carbocycles. The molecule has 2 N–H and O–H groups in total. The van der Waals surface area contributed by atoms with Crippen LogP contribution < -0.4 is 20.3 Å². The van der Waals surface area contributed by atoms with Gasteiger partial charge in [-0.1, -0.05) is 0 Å². The summed E-state index contributed by atoms with van der Waals surface area (Å²) in [6.45, 7) is 3.53. The Kier molecular flexibility index (Phi) is 4.59. The summed E-state index contributed by atoms with van der Waals surface area (Å²) in [5.74, 6) is 0.436. The van der Waals surface area contributed by atoms with Crippen molar-refractivity contribution in [2.24, 2.45) is 0 Å². The molecule has 0 atom stereocenters. The fourth-order valence-electron chi connectivity index (χ4n) is 3.01. The minimum atomic E-state index is -0.394. The number of nitrogens with one attached hydrogen (secondary N) is 2. The van der Waals surface area contributed by atoms with E-state index in [9.17, 15) is 9.59 Å². The summed E-state index contributed by atoms with van der Waals surface area (Å²) in [5.41, 5.74) is 3.37. The Hall–Kier alpha value is -2.70. The maximum absolute atomic E-state index is 12.1. The molecule has 1 aromatic rings. The molecule has 7 heteroatoms.